The Kier molecular flexibility index (Phi) is 2.66. The van der Waals surface area contributed by atoms with E-state index in [4.69, 9.17) is 10.2 Å². The Bertz CT molecular complexity index is 585. The number of furan rings is 1. The number of carbonyl (C=O) groups is 1. The number of pyridine rings is 1. The van der Waals surface area contributed by atoms with Crippen LogP contribution in [0.3, 0.4) is 0 Å². The van der Waals surface area contributed by atoms with Gasteiger partial charge in [0.25, 0.3) is 5.91 Å². The predicted octanol–water partition coefficient (Wildman–Crippen LogP) is 1.92. The van der Waals surface area contributed by atoms with Crippen molar-refractivity contribution < 1.29 is 9.21 Å². The molecule has 94 valence electrons. The van der Waals surface area contributed by atoms with Crippen molar-refractivity contribution in [3.8, 4) is 0 Å². The van der Waals surface area contributed by atoms with Crippen LogP contribution < -0.4 is 10.6 Å². The molecule has 2 aromatic heterocycles. The molecule has 1 aliphatic rings. The van der Waals surface area contributed by atoms with E-state index in [9.17, 15) is 4.79 Å². The summed E-state index contributed by atoms with van der Waals surface area (Å²) >= 11 is 0. The number of fused-ring (bicyclic) bond motifs is 1. The first-order valence-electron chi connectivity index (χ1n) is 6.19. The molecule has 1 fully saturated rings. The van der Waals surface area contributed by atoms with Crippen molar-refractivity contribution in [1.82, 2.24) is 4.98 Å². The average Bonchev–Trinajstić information content (AvgIpc) is 2.86. The van der Waals surface area contributed by atoms with Crippen molar-refractivity contribution in [3.05, 3.63) is 24.1 Å². The molecule has 0 atom stereocenters. The predicted molar refractivity (Wildman–Crippen MR) is 68.6 cm³/mol. The monoisotopic (exact) mass is 245 g/mol. The fourth-order valence-electron chi connectivity index (χ4n) is 2.41. The van der Waals surface area contributed by atoms with E-state index in [2.05, 4.69) is 9.88 Å². The second-order valence-corrected chi connectivity index (χ2v) is 4.58. The zero-order valence-electron chi connectivity index (χ0n) is 10.1. The van der Waals surface area contributed by atoms with Crippen LogP contribution in [-0.2, 0) is 0 Å². The number of amides is 1. The van der Waals surface area contributed by atoms with Gasteiger partial charge in [-0.1, -0.05) is 0 Å². The van der Waals surface area contributed by atoms with Crippen LogP contribution in [0.5, 0.6) is 0 Å². The summed E-state index contributed by atoms with van der Waals surface area (Å²) in [6.07, 6.45) is 5.15. The Hall–Kier alpha value is -2.04. The molecule has 0 aromatic carbocycles. The third kappa shape index (κ3) is 1.81. The largest absolute Gasteiger partial charge is 0.460 e. The summed E-state index contributed by atoms with van der Waals surface area (Å²) in [5.74, 6) is 0.238. The summed E-state index contributed by atoms with van der Waals surface area (Å²) in [6, 6.07) is 3.51. The molecule has 0 spiro atoms. The van der Waals surface area contributed by atoms with E-state index in [1.807, 2.05) is 6.07 Å². The first-order chi connectivity index (χ1) is 8.75. The van der Waals surface area contributed by atoms with Crippen molar-refractivity contribution in [3.63, 3.8) is 0 Å². The van der Waals surface area contributed by atoms with Gasteiger partial charge >= 0.3 is 0 Å². The highest BCUT2D eigenvalue weighted by Gasteiger charge is 2.19. The van der Waals surface area contributed by atoms with Crippen molar-refractivity contribution in [1.29, 1.82) is 0 Å². The van der Waals surface area contributed by atoms with Crippen LogP contribution in [0.2, 0.25) is 0 Å². The van der Waals surface area contributed by atoms with E-state index in [1.54, 1.807) is 12.3 Å². The summed E-state index contributed by atoms with van der Waals surface area (Å²) in [5.41, 5.74) is 6.36. The molecule has 0 unspecified atom stereocenters. The zero-order chi connectivity index (χ0) is 12.5. The van der Waals surface area contributed by atoms with Crippen LogP contribution in [0.1, 0.15) is 29.8 Å². The molecule has 3 rings (SSSR count). The molecule has 1 saturated heterocycles. The van der Waals surface area contributed by atoms with E-state index in [1.165, 1.54) is 6.42 Å². The maximum atomic E-state index is 11.3. The van der Waals surface area contributed by atoms with E-state index < -0.39 is 5.91 Å². The smallest absolute Gasteiger partial charge is 0.267 e. The number of hydrogen-bond donors (Lipinski definition) is 1. The van der Waals surface area contributed by atoms with Crippen LogP contribution >= 0.6 is 0 Å². The van der Waals surface area contributed by atoms with Gasteiger partial charge in [0.1, 0.15) is 5.69 Å². The SMILES string of the molecule is NC(=O)c1cc2ccoc2c(N2CCCCC2)n1. The molecule has 18 heavy (non-hydrogen) atoms. The van der Waals surface area contributed by atoms with Gasteiger partial charge in [0.15, 0.2) is 11.4 Å². The average molecular weight is 245 g/mol. The summed E-state index contributed by atoms with van der Waals surface area (Å²) in [4.78, 5) is 17.8. The van der Waals surface area contributed by atoms with E-state index in [-0.39, 0.29) is 0 Å². The second kappa shape index (κ2) is 4.33. The topological polar surface area (TPSA) is 72.4 Å². The number of nitrogens with zero attached hydrogens (tertiary/aromatic N) is 2. The highest BCUT2D eigenvalue weighted by atomic mass is 16.3. The molecule has 0 saturated carbocycles. The highest BCUT2D eigenvalue weighted by molar-refractivity contribution is 5.97. The minimum absolute atomic E-state index is 0.296. The molecule has 0 bridgehead atoms. The van der Waals surface area contributed by atoms with Gasteiger partial charge in [0.2, 0.25) is 0 Å². The second-order valence-electron chi connectivity index (χ2n) is 4.58. The van der Waals surface area contributed by atoms with Crippen LogP contribution in [0.15, 0.2) is 22.8 Å². The van der Waals surface area contributed by atoms with Crippen molar-refractivity contribution in [2.75, 3.05) is 18.0 Å². The van der Waals surface area contributed by atoms with E-state index in [0.29, 0.717) is 5.69 Å². The van der Waals surface area contributed by atoms with Gasteiger partial charge in [-0.2, -0.15) is 0 Å². The Morgan fingerprint density at radius 2 is 2.11 bits per heavy atom. The Morgan fingerprint density at radius 3 is 2.83 bits per heavy atom. The normalized spacial score (nSPS) is 16.1. The lowest BCUT2D eigenvalue weighted by atomic mass is 10.1. The number of piperidine rings is 1. The lowest BCUT2D eigenvalue weighted by molar-refractivity contribution is 0.0996. The first kappa shape index (κ1) is 11.1. The summed E-state index contributed by atoms with van der Waals surface area (Å²) in [6.45, 7) is 1.90. The minimum atomic E-state index is -0.503. The molecule has 1 aliphatic heterocycles. The number of anilines is 1. The molecule has 1 amide bonds. The van der Waals surface area contributed by atoms with Gasteiger partial charge in [0, 0.05) is 18.5 Å². The summed E-state index contributed by atoms with van der Waals surface area (Å²) in [5, 5.41) is 0.874. The number of nitrogens with two attached hydrogens (primary N) is 1. The van der Waals surface area contributed by atoms with Crippen molar-refractivity contribution in [2.24, 2.45) is 5.73 Å². The van der Waals surface area contributed by atoms with Crippen LogP contribution in [0.4, 0.5) is 5.82 Å². The molecule has 5 heteroatoms. The third-order valence-electron chi connectivity index (χ3n) is 3.33. The standard InChI is InChI=1S/C13H15N3O2/c14-12(17)10-8-9-4-7-18-11(9)13(15-10)16-5-2-1-3-6-16/h4,7-8H,1-3,5-6H2,(H2,14,17). The van der Waals surface area contributed by atoms with Crippen LogP contribution in [0, 0.1) is 0 Å². The van der Waals surface area contributed by atoms with Crippen molar-refractivity contribution in [2.45, 2.75) is 19.3 Å². The first-order valence-corrected chi connectivity index (χ1v) is 6.19. The van der Waals surface area contributed by atoms with Gasteiger partial charge in [0.05, 0.1) is 6.26 Å². The number of rotatable bonds is 2. The number of aromatic nitrogens is 1. The Balaban J connectivity index is 2.12. The molecule has 2 aromatic rings. The fraction of sp³-hybridized carbons (Fsp3) is 0.385. The van der Waals surface area contributed by atoms with Crippen molar-refractivity contribution >= 4 is 22.7 Å². The minimum Gasteiger partial charge on any atom is -0.460 e. The van der Waals surface area contributed by atoms with Gasteiger partial charge in [-0.15, -0.1) is 0 Å². The van der Waals surface area contributed by atoms with E-state index >= 15 is 0 Å². The summed E-state index contributed by atoms with van der Waals surface area (Å²) in [7, 11) is 0. The Labute approximate surface area is 105 Å². The quantitative estimate of drug-likeness (QED) is 0.877. The zero-order valence-corrected chi connectivity index (χ0v) is 10.1. The molecular formula is C13H15N3O2. The van der Waals surface area contributed by atoms with Gasteiger partial charge in [-0.25, -0.2) is 4.98 Å². The lowest BCUT2D eigenvalue weighted by Crippen LogP contribution is -2.31. The van der Waals surface area contributed by atoms with Gasteiger partial charge in [-0.3, -0.25) is 4.79 Å². The molecule has 5 nitrogen and oxygen atoms in total. The van der Waals surface area contributed by atoms with E-state index in [0.717, 1.165) is 42.7 Å². The maximum Gasteiger partial charge on any atom is 0.267 e. The van der Waals surface area contributed by atoms with Gasteiger partial charge in [-0.05, 0) is 31.4 Å². The number of primary amides is 1. The molecular weight excluding hydrogens is 230 g/mol. The molecule has 2 N–H and O–H groups in total. The maximum absolute atomic E-state index is 11.3. The lowest BCUT2D eigenvalue weighted by Gasteiger charge is -2.27. The molecule has 0 radical (unpaired) electrons. The van der Waals surface area contributed by atoms with Crippen LogP contribution in [0.25, 0.3) is 11.0 Å². The fourth-order valence-corrected chi connectivity index (χ4v) is 2.41. The molecule has 3 heterocycles. The number of hydrogen-bond acceptors (Lipinski definition) is 4. The van der Waals surface area contributed by atoms with Gasteiger partial charge < -0.3 is 15.1 Å². The van der Waals surface area contributed by atoms with Crippen LogP contribution in [-0.4, -0.2) is 24.0 Å². The third-order valence-corrected chi connectivity index (χ3v) is 3.33. The Morgan fingerprint density at radius 1 is 1.33 bits per heavy atom. The number of carbonyl (C=O) groups excluding carboxylic acids is 1. The summed E-state index contributed by atoms with van der Waals surface area (Å²) < 4.78 is 5.48. The highest BCUT2D eigenvalue weighted by Crippen LogP contribution is 2.28. The molecule has 0 aliphatic carbocycles.